The van der Waals surface area contributed by atoms with Gasteiger partial charge in [0.05, 0.1) is 21.1 Å². The van der Waals surface area contributed by atoms with Crippen molar-refractivity contribution in [2.45, 2.75) is 13.3 Å². The van der Waals surface area contributed by atoms with Crippen LogP contribution >= 0.6 is 26.8 Å². The molecule has 0 aliphatic rings. The number of likely N-dealkylation sites (N-methyl/N-ethyl adjacent to an activating group) is 1. The van der Waals surface area contributed by atoms with Crippen molar-refractivity contribution in [2.75, 3.05) is 40.0 Å². The minimum atomic E-state index is -2.05. The molecule has 5 heteroatoms. The SMILES string of the molecule is CCP(=O)(I)CCC(=O)C[N+](C)(C)C. The summed E-state index contributed by atoms with van der Waals surface area (Å²) in [6, 6.07) is 0. The van der Waals surface area contributed by atoms with Crippen molar-refractivity contribution in [2.24, 2.45) is 0 Å². The molecule has 0 rings (SSSR count). The van der Waals surface area contributed by atoms with Gasteiger partial charge < -0.3 is 9.05 Å². The van der Waals surface area contributed by atoms with Gasteiger partial charge in [0.25, 0.3) is 0 Å². The van der Waals surface area contributed by atoms with Crippen molar-refractivity contribution < 1.29 is 13.8 Å². The molecule has 1 unspecified atom stereocenters. The molecule has 3 nitrogen and oxygen atoms in total. The lowest BCUT2D eigenvalue weighted by molar-refractivity contribution is -0.862. The van der Waals surface area contributed by atoms with Crippen LogP contribution in [0, 0.1) is 0 Å². The summed E-state index contributed by atoms with van der Waals surface area (Å²) in [5.41, 5.74) is 0. The Kier molecular flexibility index (Phi) is 5.85. The average molecular weight is 332 g/mol. The van der Waals surface area contributed by atoms with E-state index in [0.717, 1.165) is 0 Å². The molecule has 0 aromatic rings. The van der Waals surface area contributed by atoms with E-state index >= 15 is 0 Å². The minimum Gasteiger partial charge on any atom is -0.325 e. The van der Waals surface area contributed by atoms with Crippen LogP contribution in [0.1, 0.15) is 13.3 Å². The molecule has 0 saturated heterocycles. The van der Waals surface area contributed by atoms with Gasteiger partial charge in [0.2, 0.25) is 0 Å². The van der Waals surface area contributed by atoms with E-state index in [4.69, 9.17) is 0 Å². The number of carbonyl (C=O) groups excluding carboxylic acids is 1. The fourth-order valence-corrected chi connectivity index (χ4v) is 2.68. The highest BCUT2D eigenvalue weighted by atomic mass is 127. The molecule has 0 aromatic heterocycles. The Balaban J connectivity index is 3.93. The predicted octanol–water partition coefficient (Wildman–Crippen LogP) is 2.38. The number of ketones is 1. The third kappa shape index (κ3) is 7.94. The first-order chi connectivity index (χ1) is 6.16. The Morgan fingerprint density at radius 3 is 2.21 bits per heavy atom. The molecule has 0 spiro atoms. The maximum absolute atomic E-state index is 11.7. The van der Waals surface area contributed by atoms with Crippen molar-refractivity contribution >= 4 is 32.6 Å². The van der Waals surface area contributed by atoms with E-state index in [1.54, 1.807) is 0 Å². The summed E-state index contributed by atoms with van der Waals surface area (Å²) >= 11 is 2.01. The molecule has 0 radical (unpaired) electrons. The lowest BCUT2D eigenvalue weighted by atomic mass is 10.3. The van der Waals surface area contributed by atoms with Crippen LogP contribution in [-0.4, -0.2) is 50.3 Å². The van der Waals surface area contributed by atoms with E-state index in [1.165, 1.54) is 0 Å². The summed E-state index contributed by atoms with van der Waals surface area (Å²) in [5.74, 6) is 0.211. The number of Topliss-reactive ketones (excluding diaryl/α,β-unsaturated/α-hetero) is 1. The van der Waals surface area contributed by atoms with Crippen LogP contribution < -0.4 is 0 Å². The number of nitrogens with zero attached hydrogens (tertiary/aromatic N) is 1. The second kappa shape index (κ2) is 5.61. The summed E-state index contributed by atoms with van der Waals surface area (Å²) in [6.07, 6.45) is 1.71. The maximum atomic E-state index is 11.7. The molecule has 0 saturated carbocycles. The highest BCUT2D eigenvalue weighted by Crippen LogP contribution is 2.54. The molecule has 1 atom stereocenters. The Bertz CT molecular complexity index is 248. The number of carbonyl (C=O) groups is 1. The third-order valence-corrected chi connectivity index (χ3v) is 7.18. The van der Waals surface area contributed by atoms with Crippen LogP contribution in [0.5, 0.6) is 0 Å². The second-order valence-electron chi connectivity index (χ2n) is 4.57. The fourth-order valence-electron chi connectivity index (χ4n) is 1.06. The Morgan fingerprint density at radius 1 is 1.36 bits per heavy atom. The van der Waals surface area contributed by atoms with Crippen molar-refractivity contribution in [3.8, 4) is 0 Å². The lowest BCUT2D eigenvalue weighted by Crippen LogP contribution is -2.39. The summed E-state index contributed by atoms with van der Waals surface area (Å²) in [4.78, 5) is 9.43. The van der Waals surface area contributed by atoms with Crippen LogP contribution in [0.4, 0.5) is 0 Å². The van der Waals surface area contributed by atoms with Crippen LogP contribution in [0.15, 0.2) is 0 Å². The first-order valence-electron chi connectivity index (χ1n) is 4.76. The number of hydrogen-bond acceptors (Lipinski definition) is 2. The van der Waals surface area contributed by atoms with E-state index in [0.29, 0.717) is 29.8 Å². The molecule has 0 fully saturated rings. The smallest absolute Gasteiger partial charge is 0.187 e. The zero-order valence-electron chi connectivity index (χ0n) is 9.42. The predicted molar refractivity (Wildman–Crippen MR) is 69.6 cm³/mol. The number of halogens is 1. The van der Waals surface area contributed by atoms with Gasteiger partial charge >= 0.3 is 0 Å². The molecular weight excluding hydrogens is 312 g/mol. The summed E-state index contributed by atoms with van der Waals surface area (Å²) < 4.78 is 12.3. The molecule has 84 valence electrons. The normalized spacial score (nSPS) is 16.4. The van der Waals surface area contributed by atoms with Gasteiger partial charge in [0.15, 0.2) is 5.78 Å². The van der Waals surface area contributed by atoms with Gasteiger partial charge in [-0.25, -0.2) is 0 Å². The molecule has 0 aliphatic heterocycles. The van der Waals surface area contributed by atoms with Gasteiger partial charge in [-0.1, -0.05) is 6.92 Å². The van der Waals surface area contributed by atoms with Crippen molar-refractivity contribution in [1.82, 2.24) is 0 Å². The number of rotatable bonds is 6. The van der Waals surface area contributed by atoms with Crippen molar-refractivity contribution in [1.29, 1.82) is 0 Å². The van der Waals surface area contributed by atoms with E-state index in [2.05, 4.69) is 0 Å². The zero-order chi connectivity index (χ0) is 11.4. The Labute approximate surface area is 99.7 Å². The quantitative estimate of drug-likeness (QED) is 0.425. The molecule has 0 amide bonds. The number of quaternary nitrogens is 1. The molecule has 0 aliphatic carbocycles. The maximum Gasteiger partial charge on any atom is 0.187 e. The topological polar surface area (TPSA) is 34.1 Å². The van der Waals surface area contributed by atoms with E-state index in [1.807, 2.05) is 50.1 Å². The summed E-state index contributed by atoms with van der Waals surface area (Å²) in [7, 11) is 5.96. The van der Waals surface area contributed by atoms with Gasteiger partial charge in [-0.2, -0.15) is 0 Å². The first kappa shape index (κ1) is 14.6. The lowest BCUT2D eigenvalue weighted by Gasteiger charge is -2.22. The van der Waals surface area contributed by atoms with Gasteiger partial charge in [0, 0.05) is 18.7 Å². The fraction of sp³-hybridized carbons (Fsp3) is 0.889. The Hall–Kier alpha value is 0.590. The molecule has 14 heavy (non-hydrogen) atoms. The summed E-state index contributed by atoms with van der Waals surface area (Å²) in [6.45, 7) is 2.44. The Morgan fingerprint density at radius 2 is 1.86 bits per heavy atom. The molecule has 0 bridgehead atoms. The molecular formula is C9H20INO2P+. The minimum absolute atomic E-state index is 0.211. The zero-order valence-corrected chi connectivity index (χ0v) is 12.5. The van der Waals surface area contributed by atoms with E-state index < -0.39 is 4.78 Å². The number of hydrogen-bond donors (Lipinski definition) is 0. The standard InChI is InChI=1S/C9H20INO2P/c1-5-14(10,13)7-6-9(12)8-11(2,3)4/h5-8H2,1-4H3/q+1. The van der Waals surface area contributed by atoms with Crippen LogP contribution in [-0.2, 0) is 9.36 Å². The summed E-state index contributed by atoms with van der Waals surface area (Å²) in [5, 5.41) is 0. The van der Waals surface area contributed by atoms with Crippen molar-refractivity contribution in [3.63, 3.8) is 0 Å². The largest absolute Gasteiger partial charge is 0.325 e. The molecule has 0 N–H and O–H groups in total. The molecule has 0 heterocycles. The highest BCUT2D eigenvalue weighted by molar-refractivity contribution is 14.2. The van der Waals surface area contributed by atoms with E-state index in [9.17, 15) is 9.36 Å². The third-order valence-electron chi connectivity index (χ3n) is 1.85. The van der Waals surface area contributed by atoms with Crippen LogP contribution in [0.2, 0.25) is 0 Å². The van der Waals surface area contributed by atoms with E-state index in [-0.39, 0.29) is 5.78 Å². The van der Waals surface area contributed by atoms with Crippen LogP contribution in [0.3, 0.4) is 0 Å². The highest BCUT2D eigenvalue weighted by Gasteiger charge is 2.19. The van der Waals surface area contributed by atoms with Crippen LogP contribution in [0.25, 0.3) is 0 Å². The van der Waals surface area contributed by atoms with Crippen molar-refractivity contribution in [3.05, 3.63) is 0 Å². The van der Waals surface area contributed by atoms with Gasteiger partial charge in [-0.15, -0.1) is 0 Å². The first-order valence-corrected chi connectivity index (χ1v) is 9.62. The molecule has 0 aromatic carbocycles. The second-order valence-corrected chi connectivity index (χ2v) is 12.5. The monoisotopic (exact) mass is 332 g/mol. The van der Waals surface area contributed by atoms with Gasteiger partial charge in [-0.05, 0) is 22.0 Å². The van der Waals surface area contributed by atoms with Gasteiger partial charge in [-0.3, -0.25) is 4.79 Å². The van der Waals surface area contributed by atoms with Gasteiger partial charge in [0.1, 0.15) is 11.3 Å². The average Bonchev–Trinajstić information content (AvgIpc) is 1.98.